The molecule has 0 bridgehead atoms. The molecule has 0 aromatic heterocycles. The maximum atomic E-state index is 13.5. The first kappa shape index (κ1) is 15.5. The first-order chi connectivity index (χ1) is 10.1. The molecule has 0 fully saturated rings. The number of hydrogen-bond acceptors (Lipinski definition) is 3. The molecule has 0 spiro atoms. The quantitative estimate of drug-likeness (QED) is 0.599. The van der Waals surface area contributed by atoms with Crippen LogP contribution in [0.2, 0.25) is 0 Å². The van der Waals surface area contributed by atoms with Gasteiger partial charge in [-0.15, -0.1) is 0 Å². The average molecular weight is 353 g/mol. The summed E-state index contributed by atoms with van der Waals surface area (Å²) in [6.07, 6.45) is 0. The van der Waals surface area contributed by atoms with Crippen LogP contribution < -0.4 is 4.74 Å². The number of ether oxygens (including phenoxy) is 2. The Hall–Kier alpha value is -1.88. The second-order valence-electron chi connectivity index (χ2n) is 4.43. The molecule has 3 nitrogen and oxygen atoms in total. The molecule has 110 valence electrons. The van der Waals surface area contributed by atoms with E-state index in [0.717, 1.165) is 5.56 Å². The van der Waals surface area contributed by atoms with E-state index in [0.29, 0.717) is 10.2 Å². The largest absolute Gasteiger partial charge is 0.490 e. The van der Waals surface area contributed by atoms with Gasteiger partial charge in [-0.2, -0.15) is 0 Å². The predicted molar refractivity (Wildman–Crippen MR) is 81.1 cm³/mol. The fraction of sp³-hybridized carbons (Fsp3) is 0.188. The lowest BCUT2D eigenvalue weighted by Crippen LogP contribution is -2.13. The number of benzene rings is 2. The van der Waals surface area contributed by atoms with Crippen molar-refractivity contribution in [1.82, 2.24) is 0 Å². The van der Waals surface area contributed by atoms with Gasteiger partial charge in [0.15, 0.2) is 0 Å². The van der Waals surface area contributed by atoms with Gasteiger partial charge in [0.2, 0.25) is 0 Å². The highest BCUT2D eigenvalue weighted by molar-refractivity contribution is 9.10. The van der Waals surface area contributed by atoms with E-state index in [4.69, 9.17) is 9.47 Å². The molecule has 0 N–H and O–H groups in total. The highest BCUT2D eigenvalue weighted by atomic mass is 79.9. The molecule has 0 unspecified atom stereocenters. The number of carbonyl (C=O) groups is 1. The molecular weight excluding hydrogens is 339 g/mol. The number of carbonyl (C=O) groups excluding carboxylic acids is 1. The third-order valence-electron chi connectivity index (χ3n) is 2.72. The van der Waals surface area contributed by atoms with Crippen LogP contribution in [-0.4, -0.2) is 19.2 Å². The van der Waals surface area contributed by atoms with Crippen LogP contribution in [0.5, 0.6) is 5.75 Å². The number of rotatable bonds is 5. The summed E-state index contributed by atoms with van der Waals surface area (Å²) in [5.41, 5.74) is 0.987. The van der Waals surface area contributed by atoms with Gasteiger partial charge in [-0.05, 0) is 42.8 Å². The minimum Gasteiger partial charge on any atom is -0.490 e. The van der Waals surface area contributed by atoms with Crippen LogP contribution in [0.4, 0.5) is 4.39 Å². The van der Waals surface area contributed by atoms with E-state index in [1.54, 1.807) is 0 Å². The van der Waals surface area contributed by atoms with Crippen LogP contribution in [0.15, 0.2) is 46.9 Å². The third kappa shape index (κ3) is 4.56. The third-order valence-corrected chi connectivity index (χ3v) is 3.22. The van der Waals surface area contributed by atoms with Gasteiger partial charge in [0, 0.05) is 4.47 Å². The van der Waals surface area contributed by atoms with Crippen LogP contribution in [-0.2, 0) is 4.74 Å². The number of esters is 1. The van der Waals surface area contributed by atoms with Crippen molar-refractivity contribution in [3.63, 3.8) is 0 Å². The molecule has 5 heteroatoms. The van der Waals surface area contributed by atoms with Crippen molar-refractivity contribution in [3.05, 3.63) is 63.9 Å². The Bertz CT molecular complexity index is 643. The van der Waals surface area contributed by atoms with Gasteiger partial charge in [0.05, 0.1) is 5.56 Å². The van der Waals surface area contributed by atoms with Crippen molar-refractivity contribution in [2.75, 3.05) is 13.2 Å². The molecular formula is C16H14BrFO3. The fourth-order valence-corrected chi connectivity index (χ4v) is 2.09. The van der Waals surface area contributed by atoms with Crippen LogP contribution in [0, 0.1) is 12.7 Å². The van der Waals surface area contributed by atoms with E-state index >= 15 is 0 Å². The highest BCUT2D eigenvalue weighted by Gasteiger charge is 2.13. The van der Waals surface area contributed by atoms with Crippen LogP contribution in [0.1, 0.15) is 15.9 Å². The maximum absolute atomic E-state index is 13.5. The molecule has 2 aromatic rings. The van der Waals surface area contributed by atoms with E-state index < -0.39 is 11.8 Å². The number of halogens is 2. The van der Waals surface area contributed by atoms with Gasteiger partial charge in [-0.3, -0.25) is 0 Å². The van der Waals surface area contributed by atoms with Crippen LogP contribution >= 0.6 is 15.9 Å². The highest BCUT2D eigenvalue weighted by Crippen LogP contribution is 2.16. The molecule has 0 saturated carbocycles. The summed E-state index contributed by atoms with van der Waals surface area (Å²) in [5.74, 6) is -0.607. The maximum Gasteiger partial charge on any atom is 0.341 e. The lowest BCUT2D eigenvalue weighted by molar-refractivity contribution is 0.0445. The van der Waals surface area contributed by atoms with E-state index in [1.165, 1.54) is 18.2 Å². The smallest absolute Gasteiger partial charge is 0.341 e. The Morgan fingerprint density at radius 2 is 2.00 bits per heavy atom. The van der Waals surface area contributed by atoms with Gasteiger partial charge in [-0.1, -0.05) is 28.1 Å². The Balaban J connectivity index is 1.83. The second kappa shape index (κ2) is 7.22. The zero-order valence-corrected chi connectivity index (χ0v) is 13.0. The standard InChI is InChI=1S/C16H14BrFO3/c1-11-3-2-4-13(9-11)20-7-8-21-16(19)14-10-12(17)5-6-15(14)18/h2-6,9-10H,7-8H2,1H3. The molecule has 0 aliphatic carbocycles. The summed E-state index contributed by atoms with van der Waals surface area (Å²) in [4.78, 5) is 11.7. The molecule has 21 heavy (non-hydrogen) atoms. The minimum absolute atomic E-state index is 0.0543. The van der Waals surface area contributed by atoms with Crippen molar-refractivity contribution >= 4 is 21.9 Å². The number of hydrogen-bond donors (Lipinski definition) is 0. The molecule has 0 atom stereocenters. The molecule has 0 heterocycles. The van der Waals surface area contributed by atoms with E-state index in [9.17, 15) is 9.18 Å². The summed E-state index contributed by atoms with van der Waals surface area (Å²) < 4.78 is 24.5. The Morgan fingerprint density at radius 3 is 2.76 bits per heavy atom. The Kier molecular flexibility index (Phi) is 5.33. The topological polar surface area (TPSA) is 35.5 Å². The van der Waals surface area contributed by atoms with Crippen LogP contribution in [0.25, 0.3) is 0 Å². The normalized spacial score (nSPS) is 10.2. The first-order valence-electron chi connectivity index (χ1n) is 6.38. The SMILES string of the molecule is Cc1cccc(OCCOC(=O)c2cc(Br)ccc2F)c1. The lowest BCUT2D eigenvalue weighted by atomic mass is 10.2. The second-order valence-corrected chi connectivity index (χ2v) is 5.34. The predicted octanol–water partition coefficient (Wildman–Crippen LogP) is 4.13. The van der Waals surface area contributed by atoms with E-state index in [2.05, 4.69) is 15.9 Å². The average Bonchev–Trinajstić information content (AvgIpc) is 2.46. The van der Waals surface area contributed by atoms with Gasteiger partial charge in [0.25, 0.3) is 0 Å². The minimum atomic E-state index is -0.707. The zero-order valence-electron chi connectivity index (χ0n) is 11.4. The summed E-state index contributed by atoms with van der Waals surface area (Å²) in [7, 11) is 0. The van der Waals surface area contributed by atoms with Crippen molar-refractivity contribution in [1.29, 1.82) is 0 Å². The van der Waals surface area contributed by atoms with Gasteiger partial charge >= 0.3 is 5.97 Å². The first-order valence-corrected chi connectivity index (χ1v) is 7.17. The van der Waals surface area contributed by atoms with Gasteiger partial charge in [-0.25, -0.2) is 9.18 Å². The molecule has 0 radical (unpaired) electrons. The van der Waals surface area contributed by atoms with Gasteiger partial charge in [0.1, 0.15) is 24.8 Å². The van der Waals surface area contributed by atoms with E-state index in [-0.39, 0.29) is 18.8 Å². The molecule has 0 saturated heterocycles. The molecule has 0 aliphatic rings. The molecule has 2 rings (SSSR count). The lowest BCUT2D eigenvalue weighted by Gasteiger charge is -2.08. The van der Waals surface area contributed by atoms with Crippen molar-refractivity contribution in [3.8, 4) is 5.75 Å². The summed E-state index contributed by atoms with van der Waals surface area (Å²) in [6.45, 7) is 2.23. The summed E-state index contributed by atoms with van der Waals surface area (Å²) in [5, 5.41) is 0. The number of aryl methyl sites for hydroxylation is 1. The van der Waals surface area contributed by atoms with Crippen LogP contribution in [0.3, 0.4) is 0 Å². The monoisotopic (exact) mass is 352 g/mol. The van der Waals surface area contributed by atoms with Crippen molar-refractivity contribution in [2.24, 2.45) is 0 Å². The van der Waals surface area contributed by atoms with Crippen molar-refractivity contribution < 1.29 is 18.7 Å². The Labute approximate surface area is 130 Å². The summed E-state index contributed by atoms with van der Waals surface area (Å²) in [6, 6.07) is 11.7. The van der Waals surface area contributed by atoms with E-state index in [1.807, 2.05) is 31.2 Å². The van der Waals surface area contributed by atoms with Gasteiger partial charge < -0.3 is 9.47 Å². The zero-order chi connectivity index (χ0) is 15.2. The Morgan fingerprint density at radius 1 is 1.19 bits per heavy atom. The molecule has 0 aliphatic heterocycles. The fourth-order valence-electron chi connectivity index (χ4n) is 1.73. The summed E-state index contributed by atoms with van der Waals surface area (Å²) >= 11 is 3.18. The molecule has 0 amide bonds. The molecule has 2 aromatic carbocycles. The van der Waals surface area contributed by atoms with Crippen molar-refractivity contribution in [2.45, 2.75) is 6.92 Å².